The van der Waals surface area contributed by atoms with Crippen molar-refractivity contribution in [1.82, 2.24) is 29.9 Å². The van der Waals surface area contributed by atoms with E-state index in [1.54, 1.807) is 17.2 Å². The molecule has 3 heterocycles. The predicted octanol–water partition coefficient (Wildman–Crippen LogP) is 1.91. The Morgan fingerprint density at radius 1 is 1.21 bits per heavy atom. The number of pyridine rings is 1. The second kappa shape index (κ2) is 5.99. The third kappa shape index (κ3) is 2.76. The van der Waals surface area contributed by atoms with E-state index < -0.39 is 0 Å². The SMILES string of the molecule is Nc1cc(NCCn2cncn2)c2ccc(-c3ccn[nH]3)cc2n1. The maximum Gasteiger partial charge on any atom is 0.137 e. The van der Waals surface area contributed by atoms with Crippen molar-refractivity contribution in [2.45, 2.75) is 6.54 Å². The molecule has 0 aliphatic rings. The number of nitrogen functional groups attached to an aromatic ring is 1. The highest BCUT2D eigenvalue weighted by atomic mass is 15.3. The van der Waals surface area contributed by atoms with E-state index in [2.05, 4.69) is 30.6 Å². The van der Waals surface area contributed by atoms with E-state index in [0.29, 0.717) is 12.4 Å². The van der Waals surface area contributed by atoms with Crippen molar-refractivity contribution in [2.75, 3.05) is 17.6 Å². The van der Waals surface area contributed by atoms with Crippen LogP contribution in [0.5, 0.6) is 0 Å². The fourth-order valence-electron chi connectivity index (χ4n) is 2.63. The molecule has 0 saturated heterocycles. The summed E-state index contributed by atoms with van der Waals surface area (Å²) in [6.45, 7) is 1.43. The van der Waals surface area contributed by atoms with Gasteiger partial charge >= 0.3 is 0 Å². The normalized spacial score (nSPS) is 11.0. The molecule has 0 atom stereocenters. The maximum atomic E-state index is 5.96. The van der Waals surface area contributed by atoms with E-state index in [1.807, 2.05) is 30.3 Å². The smallest absolute Gasteiger partial charge is 0.137 e. The van der Waals surface area contributed by atoms with Gasteiger partial charge in [0.15, 0.2) is 0 Å². The van der Waals surface area contributed by atoms with Crippen LogP contribution in [0.3, 0.4) is 0 Å². The van der Waals surface area contributed by atoms with Gasteiger partial charge in [-0.15, -0.1) is 0 Å². The van der Waals surface area contributed by atoms with Crippen LogP contribution in [-0.4, -0.2) is 36.5 Å². The van der Waals surface area contributed by atoms with Crippen molar-refractivity contribution in [3.05, 3.63) is 49.2 Å². The molecule has 1 aromatic carbocycles. The summed E-state index contributed by atoms with van der Waals surface area (Å²) in [5.74, 6) is 0.479. The number of aromatic nitrogens is 6. The Bertz CT molecular complexity index is 944. The third-order valence-electron chi connectivity index (χ3n) is 3.76. The van der Waals surface area contributed by atoms with Gasteiger partial charge in [-0.1, -0.05) is 12.1 Å². The molecule has 3 aromatic heterocycles. The highest BCUT2D eigenvalue weighted by molar-refractivity contribution is 5.95. The molecule has 0 unspecified atom stereocenters. The van der Waals surface area contributed by atoms with Crippen molar-refractivity contribution in [3.8, 4) is 11.3 Å². The first-order valence-corrected chi connectivity index (χ1v) is 7.56. The zero-order chi connectivity index (χ0) is 16.4. The van der Waals surface area contributed by atoms with Crippen LogP contribution in [-0.2, 0) is 6.54 Å². The Labute approximate surface area is 137 Å². The minimum atomic E-state index is 0.479. The predicted molar refractivity (Wildman–Crippen MR) is 92.2 cm³/mol. The van der Waals surface area contributed by atoms with E-state index in [1.165, 1.54) is 6.33 Å². The zero-order valence-corrected chi connectivity index (χ0v) is 12.8. The summed E-state index contributed by atoms with van der Waals surface area (Å²) in [7, 11) is 0. The summed E-state index contributed by atoms with van der Waals surface area (Å²) in [6.07, 6.45) is 4.94. The second-order valence-corrected chi connectivity index (χ2v) is 5.38. The fourth-order valence-corrected chi connectivity index (χ4v) is 2.63. The number of H-pyrrole nitrogens is 1. The van der Waals surface area contributed by atoms with E-state index >= 15 is 0 Å². The molecule has 0 radical (unpaired) electrons. The van der Waals surface area contributed by atoms with Gasteiger partial charge in [0.25, 0.3) is 0 Å². The number of benzene rings is 1. The molecule has 0 amide bonds. The van der Waals surface area contributed by atoms with Crippen molar-refractivity contribution in [1.29, 1.82) is 0 Å². The van der Waals surface area contributed by atoms with Crippen LogP contribution in [0.4, 0.5) is 11.5 Å². The van der Waals surface area contributed by atoms with Crippen molar-refractivity contribution >= 4 is 22.4 Å². The number of rotatable bonds is 5. The Kier molecular flexibility index (Phi) is 3.54. The average Bonchev–Trinajstić information content (AvgIpc) is 3.28. The van der Waals surface area contributed by atoms with Crippen molar-refractivity contribution in [3.63, 3.8) is 0 Å². The minimum absolute atomic E-state index is 0.479. The molecule has 0 aliphatic carbocycles. The van der Waals surface area contributed by atoms with Gasteiger partial charge in [-0.2, -0.15) is 10.2 Å². The van der Waals surface area contributed by atoms with Gasteiger partial charge in [0.05, 0.1) is 17.8 Å². The molecular weight excluding hydrogens is 304 g/mol. The molecule has 0 saturated carbocycles. The summed E-state index contributed by atoms with van der Waals surface area (Å²) in [5.41, 5.74) is 9.72. The summed E-state index contributed by atoms with van der Waals surface area (Å²) in [5, 5.41) is 15.4. The van der Waals surface area contributed by atoms with Crippen LogP contribution in [0.1, 0.15) is 0 Å². The average molecular weight is 320 g/mol. The molecule has 8 nitrogen and oxygen atoms in total. The molecule has 4 rings (SSSR count). The van der Waals surface area contributed by atoms with Gasteiger partial charge in [-0.05, 0) is 12.1 Å². The van der Waals surface area contributed by atoms with E-state index in [0.717, 1.165) is 34.4 Å². The zero-order valence-electron chi connectivity index (χ0n) is 12.8. The quantitative estimate of drug-likeness (QED) is 0.518. The number of nitrogens with one attached hydrogen (secondary N) is 2. The van der Waals surface area contributed by atoms with Gasteiger partial charge in [0, 0.05) is 35.4 Å². The lowest BCUT2D eigenvalue weighted by atomic mass is 10.1. The molecular formula is C16H16N8. The Hall–Kier alpha value is -3.42. The first-order chi connectivity index (χ1) is 11.8. The molecule has 0 spiro atoms. The van der Waals surface area contributed by atoms with Gasteiger partial charge in [-0.25, -0.2) is 9.97 Å². The Balaban J connectivity index is 1.62. The number of aromatic amines is 1. The van der Waals surface area contributed by atoms with Crippen LogP contribution >= 0.6 is 0 Å². The summed E-state index contributed by atoms with van der Waals surface area (Å²) >= 11 is 0. The van der Waals surface area contributed by atoms with Crippen molar-refractivity contribution in [2.24, 2.45) is 0 Å². The lowest BCUT2D eigenvalue weighted by Crippen LogP contribution is -2.11. The third-order valence-corrected chi connectivity index (χ3v) is 3.76. The van der Waals surface area contributed by atoms with Crippen LogP contribution in [0.15, 0.2) is 49.2 Å². The van der Waals surface area contributed by atoms with E-state index in [9.17, 15) is 0 Å². The van der Waals surface area contributed by atoms with Crippen LogP contribution < -0.4 is 11.1 Å². The first kappa shape index (κ1) is 14.2. The molecule has 8 heteroatoms. The number of fused-ring (bicyclic) bond motifs is 1. The maximum absolute atomic E-state index is 5.96. The molecule has 0 bridgehead atoms. The number of hydrogen-bond donors (Lipinski definition) is 3. The highest BCUT2D eigenvalue weighted by Gasteiger charge is 2.07. The van der Waals surface area contributed by atoms with Crippen LogP contribution in [0.2, 0.25) is 0 Å². The lowest BCUT2D eigenvalue weighted by molar-refractivity contribution is 0.636. The largest absolute Gasteiger partial charge is 0.384 e. The number of nitrogens with zero attached hydrogens (tertiary/aromatic N) is 5. The molecule has 0 aliphatic heterocycles. The minimum Gasteiger partial charge on any atom is -0.384 e. The number of anilines is 2. The summed E-state index contributed by atoms with van der Waals surface area (Å²) in [4.78, 5) is 8.37. The van der Waals surface area contributed by atoms with Gasteiger partial charge < -0.3 is 11.1 Å². The molecule has 0 fully saturated rings. The summed E-state index contributed by atoms with van der Waals surface area (Å²) in [6, 6.07) is 9.85. The highest BCUT2D eigenvalue weighted by Crippen LogP contribution is 2.28. The Morgan fingerprint density at radius 2 is 2.17 bits per heavy atom. The van der Waals surface area contributed by atoms with Gasteiger partial charge in [0.2, 0.25) is 0 Å². The topological polar surface area (TPSA) is 110 Å². The standard InChI is InChI=1S/C16H16N8/c17-16-8-14(19-5-6-24-10-18-9-21-24)12-2-1-11(7-15(12)22-16)13-3-4-20-23-13/h1-4,7-10H,5-6H2,(H,20,23)(H3,17,19,22). The van der Waals surface area contributed by atoms with Crippen molar-refractivity contribution < 1.29 is 0 Å². The van der Waals surface area contributed by atoms with E-state index in [-0.39, 0.29) is 0 Å². The van der Waals surface area contributed by atoms with Gasteiger partial charge in [0.1, 0.15) is 18.5 Å². The number of nitrogens with two attached hydrogens (primary N) is 1. The van der Waals surface area contributed by atoms with Crippen LogP contribution in [0, 0.1) is 0 Å². The first-order valence-electron chi connectivity index (χ1n) is 7.56. The summed E-state index contributed by atoms with van der Waals surface area (Å²) < 4.78 is 1.77. The van der Waals surface area contributed by atoms with Gasteiger partial charge in [-0.3, -0.25) is 9.78 Å². The monoisotopic (exact) mass is 320 g/mol. The Morgan fingerprint density at radius 3 is 2.96 bits per heavy atom. The number of hydrogen-bond acceptors (Lipinski definition) is 6. The van der Waals surface area contributed by atoms with E-state index in [4.69, 9.17) is 5.73 Å². The van der Waals surface area contributed by atoms with Crippen LogP contribution in [0.25, 0.3) is 22.2 Å². The molecule has 4 N–H and O–H groups in total. The molecule has 120 valence electrons. The molecule has 4 aromatic rings. The lowest BCUT2D eigenvalue weighted by Gasteiger charge is -2.11. The second-order valence-electron chi connectivity index (χ2n) is 5.38. The molecule has 24 heavy (non-hydrogen) atoms. The fraction of sp³-hybridized carbons (Fsp3) is 0.125.